The number of hydrogen-bond donors (Lipinski definition) is 1. The molecule has 1 aromatic heterocycles. The van der Waals surface area contributed by atoms with E-state index in [1.165, 1.54) is 36.4 Å². The number of carbonyl (C=O) groups is 3. The molecule has 0 aliphatic carbocycles. The number of amides is 2. The van der Waals surface area contributed by atoms with E-state index in [-0.39, 0.29) is 28.1 Å². The van der Waals surface area contributed by atoms with Crippen molar-refractivity contribution in [3.05, 3.63) is 77.2 Å². The standard InChI is InChI=1S/C18H10FN3O4/c19-13-8-4-3-7-12(13)14-9-15(21-20-14)18(25)26-22-16(23)10-5-1-2-6-11(10)17(22)24/h1-9H,(H,20,21). The average Bonchev–Trinajstić information content (AvgIpc) is 3.23. The van der Waals surface area contributed by atoms with Crippen molar-refractivity contribution in [1.82, 2.24) is 15.3 Å². The smallest absolute Gasteiger partial charge is 0.323 e. The molecule has 2 amide bonds. The van der Waals surface area contributed by atoms with E-state index < -0.39 is 23.6 Å². The number of benzene rings is 2. The Bertz CT molecular complexity index is 1020. The second kappa shape index (κ2) is 5.92. The summed E-state index contributed by atoms with van der Waals surface area (Å²) in [5, 5.41) is 6.68. The third-order valence-electron chi connectivity index (χ3n) is 3.88. The van der Waals surface area contributed by atoms with Crippen LogP contribution in [-0.4, -0.2) is 33.0 Å². The summed E-state index contributed by atoms with van der Waals surface area (Å²) in [6.07, 6.45) is 0. The number of hydroxylamine groups is 2. The predicted molar refractivity (Wildman–Crippen MR) is 86.3 cm³/mol. The molecule has 0 atom stereocenters. The monoisotopic (exact) mass is 351 g/mol. The second-order valence-electron chi connectivity index (χ2n) is 5.48. The molecule has 7 nitrogen and oxygen atoms in total. The number of imide groups is 1. The van der Waals surface area contributed by atoms with Crippen LogP contribution >= 0.6 is 0 Å². The van der Waals surface area contributed by atoms with Crippen molar-refractivity contribution in [2.45, 2.75) is 0 Å². The summed E-state index contributed by atoms with van der Waals surface area (Å²) < 4.78 is 13.8. The van der Waals surface area contributed by atoms with Crippen molar-refractivity contribution in [3.8, 4) is 11.3 Å². The van der Waals surface area contributed by atoms with Gasteiger partial charge in [0, 0.05) is 5.56 Å². The van der Waals surface area contributed by atoms with Crippen LogP contribution in [0.3, 0.4) is 0 Å². The van der Waals surface area contributed by atoms with Gasteiger partial charge in [-0.25, -0.2) is 9.18 Å². The van der Waals surface area contributed by atoms with Crippen molar-refractivity contribution < 1.29 is 23.6 Å². The minimum atomic E-state index is -0.991. The molecule has 0 spiro atoms. The lowest BCUT2D eigenvalue weighted by molar-refractivity contribution is -0.0588. The molecular formula is C18H10FN3O4. The zero-order valence-electron chi connectivity index (χ0n) is 13.1. The second-order valence-corrected chi connectivity index (χ2v) is 5.48. The van der Waals surface area contributed by atoms with Gasteiger partial charge in [0.1, 0.15) is 11.5 Å². The Morgan fingerprint density at radius 2 is 1.54 bits per heavy atom. The largest absolute Gasteiger partial charge is 0.381 e. The van der Waals surface area contributed by atoms with E-state index in [4.69, 9.17) is 4.84 Å². The van der Waals surface area contributed by atoms with Gasteiger partial charge in [-0.1, -0.05) is 29.3 Å². The molecule has 1 aliphatic heterocycles. The number of H-pyrrole nitrogens is 1. The van der Waals surface area contributed by atoms with Gasteiger partial charge in [0.2, 0.25) is 0 Å². The molecule has 1 aliphatic rings. The summed E-state index contributed by atoms with van der Waals surface area (Å²) in [7, 11) is 0. The third kappa shape index (κ3) is 2.44. The Morgan fingerprint density at radius 3 is 2.15 bits per heavy atom. The van der Waals surface area contributed by atoms with Crippen molar-refractivity contribution >= 4 is 17.8 Å². The molecule has 0 radical (unpaired) electrons. The first-order valence-corrected chi connectivity index (χ1v) is 7.56. The number of halogens is 1. The number of aromatic amines is 1. The summed E-state index contributed by atoms with van der Waals surface area (Å²) in [5.74, 6) is -2.95. The first-order valence-electron chi connectivity index (χ1n) is 7.56. The summed E-state index contributed by atoms with van der Waals surface area (Å²) in [6.45, 7) is 0. The molecule has 0 saturated heterocycles. The minimum absolute atomic E-state index is 0.125. The quantitative estimate of drug-likeness (QED) is 0.732. The molecule has 0 unspecified atom stereocenters. The Balaban J connectivity index is 1.56. The highest BCUT2D eigenvalue weighted by molar-refractivity contribution is 6.21. The molecule has 4 rings (SSSR count). The summed E-state index contributed by atoms with van der Waals surface area (Å²) in [4.78, 5) is 41.5. The highest BCUT2D eigenvalue weighted by atomic mass is 19.1. The van der Waals surface area contributed by atoms with Gasteiger partial charge in [-0.3, -0.25) is 14.7 Å². The lowest BCUT2D eigenvalue weighted by atomic mass is 10.1. The topological polar surface area (TPSA) is 92.4 Å². The van der Waals surface area contributed by atoms with E-state index in [1.54, 1.807) is 18.2 Å². The van der Waals surface area contributed by atoms with Crippen LogP contribution in [0.5, 0.6) is 0 Å². The SMILES string of the molecule is O=C(ON1C(=O)c2ccccc2C1=O)c1cc(-c2ccccc2F)n[nH]1. The fraction of sp³-hybridized carbons (Fsp3) is 0. The summed E-state index contributed by atoms with van der Waals surface area (Å²) in [5.41, 5.74) is 0.574. The van der Waals surface area contributed by atoms with E-state index in [9.17, 15) is 18.8 Å². The molecule has 3 aromatic rings. The van der Waals surface area contributed by atoms with Crippen LogP contribution in [0.25, 0.3) is 11.3 Å². The van der Waals surface area contributed by atoms with Gasteiger partial charge < -0.3 is 4.84 Å². The minimum Gasteiger partial charge on any atom is -0.323 e. The highest BCUT2D eigenvalue weighted by Gasteiger charge is 2.39. The van der Waals surface area contributed by atoms with Crippen LogP contribution in [0.2, 0.25) is 0 Å². The van der Waals surface area contributed by atoms with Gasteiger partial charge in [-0.2, -0.15) is 5.10 Å². The average molecular weight is 351 g/mol. The van der Waals surface area contributed by atoms with Gasteiger partial charge in [0.25, 0.3) is 11.8 Å². The number of hydrogen-bond acceptors (Lipinski definition) is 5. The number of nitrogens with one attached hydrogen (secondary N) is 1. The van der Waals surface area contributed by atoms with Crippen LogP contribution in [0, 0.1) is 5.82 Å². The maximum absolute atomic E-state index is 13.8. The molecule has 0 fully saturated rings. The van der Waals surface area contributed by atoms with E-state index in [0.717, 1.165) is 0 Å². The van der Waals surface area contributed by atoms with Crippen LogP contribution in [-0.2, 0) is 4.84 Å². The van der Waals surface area contributed by atoms with Gasteiger partial charge in [0.05, 0.1) is 16.8 Å². The summed E-state index contributed by atoms with van der Waals surface area (Å²) in [6, 6.07) is 13.3. The predicted octanol–water partition coefficient (Wildman–Crippen LogP) is 2.58. The van der Waals surface area contributed by atoms with Crippen LogP contribution in [0.1, 0.15) is 31.2 Å². The Morgan fingerprint density at radius 1 is 0.962 bits per heavy atom. The van der Waals surface area contributed by atoms with Crippen LogP contribution in [0.15, 0.2) is 54.6 Å². The van der Waals surface area contributed by atoms with E-state index in [1.807, 2.05) is 0 Å². The number of rotatable bonds is 3. The lowest BCUT2D eigenvalue weighted by Gasteiger charge is -2.11. The van der Waals surface area contributed by atoms with E-state index in [2.05, 4.69) is 10.2 Å². The van der Waals surface area contributed by atoms with Gasteiger partial charge in [-0.05, 0) is 30.3 Å². The molecule has 26 heavy (non-hydrogen) atoms. The third-order valence-corrected chi connectivity index (χ3v) is 3.88. The molecule has 128 valence electrons. The van der Waals surface area contributed by atoms with Gasteiger partial charge >= 0.3 is 5.97 Å². The highest BCUT2D eigenvalue weighted by Crippen LogP contribution is 2.24. The van der Waals surface area contributed by atoms with Crippen molar-refractivity contribution in [1.29, 1.82) is 0 Å². The first-order chi connectivity index (χ1) is 12.6. The number of aromatic nitrogens is 2. The van der Waals surface area contributed by atoms with Crippen molar-refractivity contribution in [2.24, 2.45) is 0 Å². The molecular weight excluding hydrogens is 341 g/mol. The Kier molecular flexibility index (Phi) is 3.58. The Hall–Kier alpha value is -3.81. The molecule has 8 heteroatoms. The maximum atomic E-state index is 13.8. The van der Waals surface area contributed by atoms with E-state index >= 15 is 0 Å². The molecule has 0 bridgehead atoms. The molecule has 0 saturated carbocycles. The van der Waals surface area contributed by atoms with Crippen LogP contribution < -0.4 is 0 Å². The molecule has 1 N–H and O–H groups in total. The van der Waals surface area contributed by atoms with Gasteiger partial charge in [-0.15, -0.1) is 0 Å². The maximum Gasteiger partial charge on any atom is 0.381 e. The zero-order chi connectivity index (χ0) is 18.3. The molecule has 2 heterocycles. The number of carbonyl (C=O) groups excluding carboxylic acids is 3. The fourth-order valence-corrected chi connectivity index (χ4v) is 2.62. The lowest BCUT2D eigenvalue weighted by Crippen LogP contribution is -2.32. The van der Waals surface area contributed by atoms with Crippen molar-refractivity contribution in [3.63, 3.8) is 0 Å². The van der Waals surface area contributed by atoms with Crippen molar-refractivity contribution in [2.75, 3.05) is 0 Å². The fourth-order valence-electron chi connectivity index (χ4n) is 2.62. The number of fused-ring (bicyclic) bond motifs is 1. The summed E-state index contributed by atoms with van der Waals surface area (Å²) >= 11 is 0. The van der Waals surface area contributed by atoms with Gasteiger partial charge in [0.15, 0.2) is 0 Å². The normalized spacial score (nSPS) is 13.0. The first kappa shape index (κ1) is 15.7. The van der Waals surface area contributed by atoms with Crippen LogP contribution in [0.4, 0.5) is 4.39 Å². The number of nitrogens with zero attached hydrogens (tertiary/aromatic N) is 2. The zero-order valence-corrected chi connectivity index (χ0v) is 13.1. The van der Waals surface area contributed by atoms with E-state index in [0.29, 0.717) is 5.06 Å². The molecule has 2 aromatic carbocycles. The Labute approximate surface area is 146 Å².